The van der Waals surface area contributed by atoms with E-state index >= 15 is 0 Å². The fraction of sp³-hybridized carbons (Fsp3) is 0.684. The SMILES string of the molecule is CC(C)CCN(CCC(C)C)Cc1ccc(CCN)cc1. The molecule has 1 rings (SSSR count). The lowest BCUT2D eigenvalue weighted by Gasteiger charge is -2.24. The lowest BCUT2D eigenvalue weighted by Crippen LogP contribution is -2.27. The summed E-state index contributed by atoms with van der Waals surface area (Å²) < 4.78 is 0. The van der Waals surface area contributed by atoms with Gasteiger partial charge in [-0.3, -0.25) is 4.90 Å². The molecule has 0 saturated heterocycles. The van der Waals surface area contributed by atoms with Gasteiger partial charge in [0.05, 0.1) is 0 Å². The van der Waals surface area contributed by atoms with Crippen molar-refractivity contribution in [1.29, 1.82) is 0 Å². The zero-order valence-corrected chi connectivity index (χ0v) is 14.4. The van der Waals surface area contributed by atoms with Crippen molar-refractivity contribution in [3.05, 3.63) is 35.4 Å². The summed E-state index contributed by atoms with van der Waals surface area (Å²) in [6.07, 6.45) is 3.54. The molecule has 1 aromatic rings. The van der Waals surface area contributed by atoms with Crippen LogP contribution in [-0.2, 0) is 13.0 Å². The van der Waals surface area contributed by atoms with Gasteiger partial charge in [0.15, 0.2) is 0 Å². The monoisotopic (exact) mass is 290 g/mol. The fourth-order valence-electron chi connectivity index (χ4n) is 2.39. The van der Waals surface area contributed by atoms with E-state index in [4.69, 9.17) is 5.73 Å². The molecule has 0 aliphatic heterocycles. The molecule has 0 aliphatic rings. The predicted molar refractivity (Wildman–Crippen MR) is 93.4 cm³/mol. The molecule has 0 saturated carbocycles. The third-order valence-electron chi connectivity index (χ3n) is 3.91. The van der Waals surface area contributed by atoms with Crippen molar-refractivity contribution < 1.29 is 0 Å². The van der Waals surface area contributed by atoms with Crippen molar-refractivity contribution in [2.45, 2.75) is 53.5 Å². The van der Waals surface area contributed by atoms with Crippen molar-refractivity contribution in [2.75, 3.05) is 19.6 Å². The third kappa shape index (κ3) is 8.23. The van der Waals surface area contributed by atoms with Crippen LogP contribution in [0.5, 0.6) is 0 Å². The molecular weight excluding hydrogens is 256 g/mol. The highest BCUT2D eigenvalue weighted by Crippen LogP contribution is 2.12. The van der Waals surface area contributed by atoms with E-state index in [0.29, 0.717) is 0 Å². The molecule has 2 N–H and O–H groups in total. The number of hydrogen-bond donors (Lipinski definition) is 1. The quantitative estimate of drug-likeness (QED) is 0.703. The second-order valence-electron chi connectivity index (χ2n) is 7.00. The molecule has 0 aromatic heterocycles. The van der Waals surface area contributed by atoms with Gasteiger partial charge in [0.25, 0.3) is 0 Å². The molecule has 0 radical (unpaired) electrons. The summed E-state index contributed by atoms with van der Waals surface area (Å²) in [6.45, 7) is 13.4. The van der Waals surface area contributed by atoms with Crippen LogP contribution in [0.4, 0.5) is 0 Å². The van der Waals surface area contributed by atoms with Crippen LogP contribution in [0, 0.1) is 11.8 Å². The van der Waals surface area contributed by atoms with Crippen LogP contribution >= 0.6 is 0 Å². The summed E-state index contributed by atoms with van der Waals surface area (Å²) in [7, 11) is 0. The first kappa shape index (κ1) is 18.2. The number of benzene rings is 1. The second-order valence-corrected chi connectivity index (χ2v) is 7.00. The highest BCUT2D eigenvalue weighted by molar-refractivity contribution is 5.22. The minimum atomic E-state index is 0.730. The lowest BCUT2D eigenvalue weighted by molar-refractivity contribution is 0.235. The van der Waals surface area contributed by atoms with E-state index in [2.05, 4.69) is 56.9 Å². The molecule has 1 aromatic carbocycles. The van der Waals surface area contributed by atoms with E-state index in [0.717, 1.165) is 31.3 Å². The maximum Gasteiger partial charge on any atom is 0.0233 e. The normalized spacial score (nSPS) is 11.8. The Bertz CT molecular complexity index is 356. The molecule has 0 amide bonds. The first-order valence-electron chi connectivity index (χ1n) is 8.51. The van der Waals surface area contributed by atoms with Gasteiger partial charge < -0.3 is 5.73 Å². The van der Waals surface area contributed by atoms with Gasteiger partial charge in [-0.15, -0.1) is 0 Å². The standard InChI is InChI=1S/C19H34N2/c1-16(2)10-13-21(14-11-17(3)4)15-19-7-5-18(6-8-19)9-12-20/h5-8,16-17H,9-15,20H2,1-4H3. The minimum absolute atomic E-state index is 0.730. The van der Waals surface area contributed by atoms with E-state index in [1.807, 2.05) is 0 Å². The van der Waals surface area contributed by atoms with Crippen LogP contribution in [-0.4, -0.2) is 24.5 Å². The summed E-state index contributed by atoms with van der Waals surface area (Å²) in [5, 5.41) is 0. The predicted octanol–water partition coefficient (Wildman–Crippen LogP) is 4.08. The Morgan fingerprint density at radius 1 is 0.857 bits per heavy atom. The maximum absolute atomic E-state index is 5.61. The first-order chi connectivity index (χ1) is 10.0. The number of nitrogens with zero attached hydrogens (tertiary/aromatic N) is 1. The van der Waals surface area contributed by atoms with Gasteiger partial charge in [-0.05, 0) is 61.9 Å². The van der Waals surface area contributed by atoms with Gasteiger partial charge in [-0.2, -0.15) is 0 Å². The van der Waals surface area contributed by atoms with Crippen molar-refractivity contribution in [2.24, 2.45) is 17.6 Å². The Morgan fingerprint density at radius 3 is 1.76 bits per heavy atom. The number of rotatable bonds is 10. The summed E-state index contributed by atoms with van der Waals surface area (Å²) in [5.74, 6) is 1.55. The highest BCUT2D eigenvalue weighted by Gasteiger charge is 2.08. The van der Waals surface area contributed by atoms with Gasteiger partial charge in [0, 0.05) is 6.54 Å². The van der Waals surface area contributed by atoms with E-state index in [1.54, 1.807) is 0 Å². The third-order valence-corrected chi connectivity index (χ3v) is 3.91. The molecule has 0 bridgehead atoms. The van der Waals surface area contributed by atoms with Gasteiger partial charge in [-0.25, -0.2) is 0 Å². The van der Waals surface area contributed by atoms with Crippen molar-refractivity contribution >= 4 is 0 Å². The Kier molecular flexibility index (Phi) is 8.63. The highest BCUT2D eigenvalue weighted by atomic mass is 15.1. The van der Waals surface area contributed by atoms with Crippen LogP contribution < -0.4 is 5.73 Å². The maximum atomic E-state index is 5.61. The Morgan fingerprint density at radius 2 is 1.33 bits per heavy atom. The molecule has 0 unspecified atom stereocenters. The van der Waals surface area contributed by atoms with E-state index in [-0.39, 0.29) is 0 Å². The molecule has 21 heavy (non-hydrogen) atoms. The second kappa shape index (κ2) is 9.97. The lowest BCUT2D eigenvalue weighted by atomic mass is 10.1. The van der Waals surface area contributed by atoms with Crippen LogP contribution in [0.15, 0.2) is 24.3 Å². The number of nitrogens with two attached hydrogens (primary N) is 1. The summed E-state index contributed by atoms with van der Waals surface area (Å²) in [4.78, 5) is 2.61. The molecule has 0 spiro atoms. The zero-order valence-electron chi connectivity index (χ0n) is 14.4. The fourth-order valence-corrected chi connectivity index (χ4v) is 2.39. The Balaban J connectivity index is 2.56. The van der Waals surface area contributed by atoms with Gasteiger partial charge in [0.2, 0.25) is 0 Å². The van der Waals surface area contributed by atoms with Gasteiger partial charge >= 0.3 is 0 Å². The van der Waals surface area contributed by atoms with Crippen LogP contribution in [0.3, 0.4) is 0 Å². The van der Waals surface area contributed by atoms with Gasteiger partial charge in [-0.1, -0.05) is 52.0 Å². The van der Waals surface area contributed by atoms with Gasteiger partial charge in [0.1, 0.15) is 0 Å². The number of hydrogen-bond acceptors (Lipinski definition) is 2. The average molecular weight is 290 g/mol. The first-order valence-corrected chi connectivity index (χ1v) is 8.51. The molecule has 0 atom stereocenters. The topological polar surface area (TPSA) is 29.3 Å². The van der Waals surface area contributed by atoms with Crippen LogP contribution in [0.1, 0.15) is 51.7 Å². The molecule has 2 nitrogen and oxygen atoms in total. The Labute approximate surface area is 131 Å². The van der Waals surface area contributed by atoms with Crippen LogP contribution in [0.2, 0.25) is 0 Å². The minimum Gasteiger partial charge on any atom is -0.330 e. The van der Waals surface area contributed by atoms with E-state index < -0.39 is 0 Å². The smallest absolute Gasteiger partial charge is 0.0233 e. The molecular formula is C19H34N2. The molecule has 0 fully saturated rings. The molecule has 2 heteroatoms. The van der Waals surface area contributed by atoms with Crippen molar-refractivity contribution in [3.8, 4) is 0 Å². The van der Waals surface area contributed by atoms with Crippen molar-refractivity contribution in [3.63, 3.8) is 0 Å². The summed E-state index contributed by atoms with van der Waals surface area (Å²) in [6, 6.07) is 8.99. The summed E-state index contributed by atoms with van der Waals surface area (Å²) >= 11 is 0. The largest absolute Gasteiger partial charge is 0.330 e. The average Bonchev–Trinajstić information content (AvgIpc) is 2.44. The molecule has 120 valence electrons. The van der Waals surface area contributed by atoms with E-state index in [9.17, 15) is 0 Å². The molecule has 0 aliphatic carbocycles. The summed E-state index contributed by atoms with van der Waals surface area (Å²) in [5.41, 5.74) is 8.37. The van der Waals surface area contributed by atoms with E-state index in [1.165, 1.54) is 37.1 Å². The van der Waals surface area contributed by atoms with Crippen LogP contribution in [0.25, 0.3) is 0 Å². The van der Waals surface area contributed by atoms with Crippen molar-refractivity contribution in [1.82, 2.24) is 4.90 Å². The molecule has 0 heterocycles. The Hall–Kier alpha value is -0.860. The zero-order chi connectivity index (χ0) is 15.7.